The SMILES string of the molecule is CC(=O)C1CC(C(=O)Nc2ccc3oc(=O)n(CCN(C)C)c3c2)=NN1c1ccccc1. The standard InChI is InChI=1S/C23H25N5O4/c1-15(29)19-14-18(25-28(19)17-7-5-4-6-8-17)22(30)24-16-9-10-21-20(13-16)27(23(31)32-21)12-11-26(2)3/h4-10,13,19H,11-12,14H2,1-3H3,(H,24,30). The first kappa shape index (κ1) is 21.5. The van der Waals surface area contributed by atoms with Crippen LogP contribution in [0.1, 0.15) is 13.3 Å². The number of Topliss-reactive ketones (excluding diaryl/α,β-unsaturated/α-hetero) is 1. The number of hydrogen-bond donors (Lipinski definition) is 1. The molecule has 1 aliphatic rings. The van der Waals surface area contributed by atoms with E-state index in [1.807, 2.05) is 49.3 Å². The van der Waals surface area contributed by atoms with E-state index in [9.17, 15) is 14.4 Å². The molecule has 0 bridgehead atoms. The summed E-state index contributed by atoms with van der Waals surface area (Å²) in [7, 11) is 3.85. The summed E-state index contributed by atoms with van der Waals surface area (Å²) >= 11 is 0. The van der Waals surface area contributed by atoms with Crippen molar-refractivity contribution in [2.24, 2.45) is 5.10 Å². The van der Waals surface area contributed by atoms with Crippen molar-refractivity contribution in [1.82, 2.24) is 9.47 Å². The Balaban J connectivity index is 1.57. The van der Waals surface area contributed by atoms with Crippen LogP contribution < -0.4 is 16.1 Å². The zero-order chi connectivity index (χ0) is 22.8. The number of likely N-dealkylation sites (N-methyl/N-ethyl adjacent to an activating group) is 1. The molecule has 1 amide bonds. The number of carbonyl (C=O) groups is 2. The maximum Gasteiger partial charge on any atom is 0.419 e. The van der Waals surface area contributed by atoms with Crippen LogP contribution >= 0.6 is 0 Å². The predicted molar refractivity (Wildman–Crippen MR) is 123 cm³/mol. The minimum Gasteiger partial charge on any atom is -0.408 e. The minimum atomic E-state index is -0.522. The van der Waals surface area contributed by atoms with Crippen LogP contribution in [-0.2, 0) is 16.1 Å². The number of hydrazone groups is 1. The number of anilines is 2. The number of rotatable bonds is 7. The predicted octanol–water partition coefficient (Wildman–Crippen LogP) is 2.32. The molecule has 166 valence electrons. The van der Waals surface area contributed by atoms with E-state index in [2.05, 4.69) is 10.4 Å². The molecule has 9 heteroatoms. The Hall–Kier alpha value is -3.72. The van der Waals surface area contributed by atoms with Gasteiger partial charge in [-0.2, -0.15) is 5.10 Å². The van der Waals surface area contributed by atoms with E-state index in [4.69, 9.17) is 4.42 Å². The Morgan fingerprint density at radius 3 is 2.62 bits per heavy atom. The summed E-state index contributed by atoms with van der Waals surface area (Å²) in [5, 5.41) is 8.85. The second-order valence-corrected chi connectivity index (χ2v) is 8.02. The lowest BCUT2D eigenvalue weighted by Gasteiger charge is -2.20. The third kappa shape index (κ3) is 4.33. The van der Waals surface area contributed by atoms with Crippen molar-refractivity contribution >= 4 is 39.9 Å². The zero-order valence-corrected chi connectivity index (χ0v) is 18.2. The smallest absolute Gasteiger partial charge is 0.408 e. The molecule has 2 aromatic carbocycles. The summed E-state index contributed by atoms with van der Waals surface area (Å²) in [4.78, 5) is 39.3. The van der Waals surface area contributed by atoms with Crippen LogP contribution in [-0.4, -0.2) is 53.6 Å². The van der Waals surface area contributed by atoms with Crippen LogP contribution in [0.4, 0.5) is 11.4 Å². The molecule has 0 spiro atoms. The molecule has 4 rings (SSSR count). The lowest BCUT2D eigenvalue weighted by molar-refractivity contribution is -0.118. The van der Waals surface area contributed by atoms with Gasteiger partial charge in [0.15, 0.2) is 11.4 Å². The first-order valence-corrected chi connectivity index (χ1v) is 10.3. The molecule has 0 aliphatic carbocycles. The van der Waals surface area contributed by atoms with Crippen LogP contribution in [0.15, 0.2) is 62.8 Å². The monoisotopic (exact) mass is 435 g/mol. The first-order chi connectivity index (χ1) is 15.3. The van der Waals surface area contributed by atoms with Crippen LogP contribution in [0, 0.1) is 0 Å². The van der Waals surface area contributed by atoms with Crippen LogP contribution in [0.2, 0.25) is 0 Å². The maximum atomic E-state index is 12.9. The van der Waals surface area contributed by atoms with E-state index in [-0.39, 0.29) is 23.8 Å². The van der Waals surface area contributed by atoms with Crippen molar-refractivity contribution in [1.29, 1.82) is 0 Å². The maximum absolute atomic E-state index is 12.9. The fraction of sp³-hybridized carbons (Fsp3) is 0.304. The Morgan fingerprint density at radius 2 is 1.94 bits per heavy atom. The summed E-state index contributed by atoms with van der Waals surface area (Å²) in [5.74, 6) is -0.891. The van der Waals surface area contributed by atoms with E-state index in [1.165, 1.54) is 6.92 Å². The van der Waals surface area contributed by atoms with Gasteiger partial charge in [-0.05, 0) is 51.4 Å². The fourth-order valence-corrected chi connectivity index (χ4v) is 3.64. The van der Waals surface area contributed by atoms with Gasteiger partial charge in [0, 0.05) is 25.2 Å². The molecule has 1 unspecified atom stereocenters. The third-order valence-corrected chi connectivity index (χ3v) is 5.36. The molecule has 0 saturated heterocycles. The number of nitrogens with zero attached hydrogens (tertiary/aromatic N) is 4. The molecule has 32 heavy (non-hydrogen) atoms. The van der Waals surface area contributed by atoms with Gasteiger partial charge in [-0.25, -0.2) is 4.79 Å². The first-order valence-electron chi connectivity index (χ1n) is 10.3. The van der Waals surface area contributed by atoms with E-state index in [1.54, 1.807) is 27.8 Å². The van der Waals surface area contributed by atoms with E-state index < -0.39 is 11.8 Å². The van der Waals surface area contributed by atoms with Gasteiger partial charge in [0.05, 0.1) is 11.2 Å². The molecule has 0 saturated carbocycles. The summed E-state index contributed by atoms with van der Waals surface area (Å²) in [6.45, 7) is 2.63. The van der Waals surface area contributed by atoms with Crippen molar-refractivity contribution < 1.29 is 14.0 Å². The zero-order valence-electron chi connectivity index (χ0n) is 18.2. The summed E-state index contributed by atoms with van der Waals surface area (Å²) in [5.41, 5.74) is 2.60. The summed E-state index contributed by atoms with van der Waals surface area (Å²) in [6, 6.07) is 13.8. The van der Waals surface area contributed by atoms with Crippen LogP contribution in [0.25, 0.3) is 11.1 Å². The highest BCUT2D eigenvalue weighted by atomic mass is 16.4. The number of nitrogens with one attached hydrogen (secondary N) is 1. The Labute approximate surface area is 184 Å². The second-order valence-electron chi connectivity index (χ2n) is 8.02. The Morgan fingerprint density at radius 1 is 1.19 bits per heavy atom. The molecule has 9 nitrogen and oxygen atoms in total. The fourth-order valence-electron chi connectivity index (χ4n) is 3.64. The quantitative estimate of drug-likeness (QED) is 0.611. The van der Waals surface area contributed by atoms with Crippen molar-refractivity contribution in [2.75, 3.05) is 31.0 Å². The molecular formula is C23H25N5O4. The topological polar surface area (TPSA) is 100 Å². The molecule has 1 aliphatic heterocycles. The largest absolute Gasteiger partial charge is 0.419 e. The molecule has 3 aromatic rings. The van der Waals surface area contributed by atoms with Crippen molar-refractivity contribution in [3.05, 3.63) is 59.1 Å². The number of para-hydroxylation sites is 1. The summed E-state index contributed by atoms with van der Waals surface area (Å²) in [6.07, 6.45) is 0.220. The summed E-state index contributed by atoms with van der Waals surface area (Å²) < 4.78 is 6.85. The van der Waals surface area contributed by atoms with Gasteiger partial charge in [-0.15, -0.1) is 0 Å². The lowest BCUT2D eigenvalue weighted by Crippen LogP contribution is -2.33. The second kappa shape index (κ2) is 8.80. The van der Waals surface area contributed by atoms with Gasteiger partial charge >= 0.3 is 5.76 Å². The molecule has 0 fully saturated rings. The molecule has 2 heterocycles. The van der Waals surface area contributed by atoms with E-state index in [0.717, 1.165) is 5.69 Å². The van der Waals surface area contributed by atoms with Gasteiger partial charge in [-0.3, -0.25) is 19.2 Å². The van der Waals surface area contributed by atoms with Gasteiger partial charge < -0.3 is 14.6 Å². The highest BCUT2D eigenvalue weighted by Crippen LogP contribution is 2.26. The van der Waals surface area contributed by atoms with Crippen molar-refractivity contribution in [3.63, 3.8) is 0 Å². The number of amides is 1. The number of benzene rings is 2. The van der Waals surface area contributed by atoms with E-state index in [0.29, 0.717) is 29.9 Å². The van der Waals surface area contributed by atoms with Gasteiger partial charge in [-0.1, -0.05) is 18.2 Å². The Kier molecular flexibility index (Phi) is 5.91. The average Bonchev–Trinajstić information content (AvgIpc) is 3.34. The van der Waals surface area contributed by atoms with Crippen molar-refractivity contribution in [3.8, 4) is 0 Å². The minimum absolute atomic E-state index is 0.0647. The van der Waals surface area contributed by atoms with Gasteiger partial charge in [0.2, 0.25) is 0 Å². The number of hydrogen-bond acceptors (Lipinski definition) is 7. The molecule has 1 aromatic heterocycles. The highest BCUT2D eigenvalue weighted by Gasteiger charge is 2.34. The molecule has 1 atom stereocenters. The lowest BCUT2D eigenvalue weighted by atomic mass is 10.1. The number of carbonyl (C=O) groups excluding carboxylic acids is 2. The number of ketones is 1. The van der Waals surface area contributed by atoms with Crippen molar-refractivity contribution in [2.45, 2.75) is 25.9 Å². The molecule has 1 N–H and O–H groups in total. The molecular weight excluding hydrogens is 410 g/mol. The Bertz CT molecular complexity index is 1240. The number of aromatic nitrogens is 1. The van der Waals surface area contributed by atoms with Crippen LogP contribution in [0.3, 0.4) is 0 Å². The van der Waals surface area contributed by atoms with Gasteiger partial charge in [0.25, 0.3) is 5.91 Å². The normalized spacial score (nSPS) is 15.9. The van der Waals surface area contributed by atoms with E-state index >= 15 is 0 Å². The number of oxazole rings is 1. The highest BCUT2D eigenvalue weighted by molar-refractivity contribution is 6.44. The third-order valence-electron chi connectivity index (χ3n) is 5.36. The van der Waals surface area contributed by atoms with Crippen LogP contribution in [0.5, 0.6) is 0 Å². The molecule has 0 radical (unpaired) electrons. The number of fused-ring (bicyclic) bond motifs is 1. The van der Waals surface area contributed by atoms with Gasteiger partial charge in [0.1, 0.15) is 11.8 Å². The average molecular weight is 435 g/mol.